The largest absolute Gasteiger partial charge is 1.00 e. The van der Waals surface area contributed by atoms with E-state index in [-0.39, 0.29) is 138 Å². The summed E-state index contributed by atoms with van der Waals surface area (Å²) in [6.45, 7) is 0. The van der Waals surface area contributed by atoms with Crippen LogP contribution in [0.4, 0.5) is 14.4 Å². The van der Waals surface area contributed by atoms with Crippen LogP contribution >= 0.6 is 0 Å². The third kappa shape index (κ3) is 14.8. The maximum absolute atomic E-state index is 9.78. The summed E-state index contributed by atoms with van der Waals surface area (Å²) in [6, 6.07) is 0. The Morgan fingerprint density at radius 2 is 1.08 bits per heavy atom. The Kier molecular flexibility index (Phi) is 18.8. The first-order chi connectivity index (χ1) is 4.52. The second-order valence-corrected chi connectivity index (χ2v) is 0.954. The monoisotopic (exact) mass is 414 g/mol. The molecule has 0 amide bonds. The zero-order chi connectivity index (χ0) is 8.15. The van der Waals surface area contributed by atoms with Gasteiger partial charge in [-0.05, 0) is 0 Å². The molecule has 0 unspecified atom stereocenters. The summed E-state index contributed by atoms with van der Waals surface area (Å²) in [7, 11) is 0. The first kappa shape index (κ1) is 19.8. The van der Waals surface area contributed by atoms with Crippen molar-refractivity contribution in [2.24, 2.45) is 0 Å². The topological polar surface area (TPSA) is 116 Å². The van der Waals surface area contributed by atoms with E-state index >= 15 is 0 Å². The van der Waals surface area contributed by atoms with Crippen LogP contribution in [0.5, 0.6) is 0 Å². The van der Waals surface area contributed by atoms with Crippen LogP contribution in [0.1, 0.15) is 0 Å². The second kappa shape index (κ2) is 11.4. The van der Waals surface area contributed by atoms with Crippen LogP contribution in [0.25, 0.3) is 0 Å². The molecule has 0 aliphatic heterocycles. The smallest absolute Gasteiger partial charge is 0.467 e. The number of hydrogen-bond acceptors (Lipinski definition) is 7. The molecule has 0 rings (SSSR count). The quantitative estimate of drug-likeness (QED) is 0.286. The number of rotatable bonds is 0. The molecule has 0 aromatic heterocycles. The molecule has 12 heavy (non-hydrogen) atoms. The van der Waals surface area contributed by atoms with E-state index in [0.29, 0.717) is 0 Å². The molecule has 0 saturated heterocycles. The van der Waals surface area contributed by atoms with Crippen LogP contribution in [0.3, 0.4) is 0 Å². The Labute approximate surface area is 184 Å². The van der Waals surface area contributed by atoms with Crippen LogP contribution in [-0.4, -0.2) is 18.5 Å². The third-order valence-electron chi connectivity index (χ3n) is 0.333. The Morgan fingerprint density at radius 3 is 1.25 bits per heavy atom. The van der Waals surface area contributed by atoms with Gasteiger partial charge in [-0.1, -0.05) is 0 Å². The van der Waals surface area contributed by atoms with Crippen molar-refractivity contribution >= 4 is 18.5 Å². The van der Waals surface area contributed by atoms with Crippen LogP contribution in [-0.2, 0) is 9.47 Å². The molecule has 0 fully saturated rings. The third-order valence-corrected chi connectivity index (χ3v) is 0.333. The zero-order valence-corrected chi connectivity index (χ0v) is 18.9. The molecule has 0 saturated carbocycles. The van der Waals surface area contributed by atoms with Gasteiger partial charge in [0.1, 0.15) is 0 Å². The molecule has 0 aromatic rings. The van der Waals surface area contributed by atoms with Crippen molar-refractivity contribution in [2.45, 2.75) is 0 Å². The first-order valence-electron chi connectivity index (χ1n) is 1.84. The number of hydrogen-bond donors (Lipinski definition) is 0. The average Bonchev–Trinajstić information content (AvgIpc) is 1.58. The standard InChI is InChI=1S/C3H2O7.2Cs/c4-1(5)9-3(8)10-2(6)7;;/h(H,4,5)(H,6,7);;/q;2*+1/p-2. The van der Waals surface area contributed by atoms with Crippen LogP contribution in [0.15, 0.2) is 0 Å². The summed E-state index contributed by atoms with van der Waals surface area (Å²) in [6.07, 6.45) is -6.32. The minimum absolute atomic E-state index is 0. The van der Waals surface area contributed by atoms with Crippen LogP contribution < -0.4 is 148 Å². The zero-order valence-electron chi connectivity index (χ0n) is 6.36. The van der Waals surface area contributed by atoms with E-state index in [1.807, 2.05) is 0 Å². The van der Waals surface area contributed by atoms with Gasteiger partial charge in [-0.3, -0.25) is 0 Å². The maximum atomic E-state index is 9.78. The summed E-state index contributed by atoms with van der Waals surface area (Å²) in [4.78, 5) is 28.5. The fourth-order valence-electron chi connectivity index (χ4n) is 0.157. The molecule has 0 aromatic carbocycles. The van der Waals surface area contributed by atoms with Gasteiger partial charge < -0.3 is 29.3 Å². The van der Waals surface area contributed by atoms with Gasteiger partial charge in [-0.2, -0.15) is 0 Å². The molecule has 0 bridgehead atoms. The molecule has 0 atom stereocenters. The van der Waals surface area contributed by atoms with Gasteiger partial charge in [-0.25, -0.2) is 4.79 Å². The second-order valence-electron chi connectivity index (χ2n) is 0.954. The molecule has 7 nitrogen and oxygen atoms in total. The molecule has 0 spiro atoms. The van der Waals surface area contributed by atoms with Crippen LogP contribution in [0, 0.1) is 0 Å². The van der Waals surface area contributed by atoms with Crippen molar-refractivity contribution in [3.8, 4) is 0 Å². The normalized spacial score (nSPS) is 6.67. The molecule has 0 aliphatic carbocycles. The molecule has 0 radical (unpaired) electrons. The summed E-state index contributed by atoms with van der Waals surface area (Å²) in [5.74, 6) is 0. The summed E-state index contributed by atoms with van der Waals surface area (Å²) < 4.78 is 6.17. The van der Waals surface area contributed by atoms with Crippen molar-refractivity contribution < 1.29 is 172 Å². The van der Waals surface area contributed by atoms with Crippen molar-refractivity contribution in [2.75, 3.05) is 0 Å². The summed E-state index contributed by atoms with van der Waals surface area (Å²) in [5, 5.41) is 18.7. The van der Waals surface area contributed by atoms with Gasteiger partial charge in [-0.15, -0.1) is 0 Å². The molecule has 9 heteroatoms. The SMILES string of the molecule is O=C([O-])OC(=O)OC(=O)[O-].[Cs+].[Cs+]. The van der Waals surface area contributed by atoms with Gasteiger partial charge in [0.15, 0.2) is 0 Å². The van der Waals surface area contributed by atoms with E-state index < -0.39 is 18.5 Å². The molecule has 0 N–H and O–H groups in total. The van der Waals surface area contributed by atoms with Gasteiger partial charge in [0.2, 0.25) is 0 Å². The average molecular weight is 414 g/mol. The maximum Gasteiger partial charge on any atom is 1.00 e. The Bertz CT molecular complexity index is 159. The van der Waals surface area contributed by atoms with Gasteiger partial charge in [0, 0.05) is 0 Å². The number of carbonyl (C=O) groups is 3. The first-order valence-corrected chi connectivity index (χ1v) is 1.84. The molecule has 56 valence electrons. The Balaban J connectivity index is -0.000000405. The minimum atomic E-state index is -2.20. The molecule has 0 heterocycles. The van der Waals surface area contributed by atoms with E-state index in [9.17, 15) is 24.6 Å². The fourth-order valence-corrected chi connectivity index (χ4v) is 0.157. The summed E-state index contributed by atoms with van der Waals surface area (Å²) >= 11 is 0. The van der Waals surface area contributed by atoms with E-state index in [4.69, 9.17) is 0 Å². The van der Waals surface area contributed by atoms with Crippen molar-refractivity contribution in [3.63, 3.8) is 0 Å². The number of ether oxygens (including phenoxy) is 2. The molecular weight excluding hydrogens is 414 g/mol. The molecule has 0 aliphatic rings. The van der Waals surface area contributed by atoms with E-state index in [1.165, 1.54) is 0 Å². The van der Waals surface area contributed by atoms with Crippen molar-refractivity contribution in [3.05, 3.63) is 0 Å². The van der Waals surface area contributed by atoms with Crippen molar-refractivity contribution in [1.29, 1.82) is 0 Å². The van der Waals surface area contributed by atoms with Crippen LogP contribution in [0.2, 0.25) is 0 Å². The predicted molar refractivity (Wildman–Crippen MR) is 18.4 cm³/mol. The van der Waals surface area contributed by atoms with E-state index in [0.717, 1.165) is 0 Å². The van der Waals surface area contributed by atoms with Crippen molar-refractivity contribution in [1.82, 2.24) is 0 Å². The Hall–Kier alpha value is 2.31. The fraction of sp³-hybridized carbons (Fsp3) is 0. The van der Waals surface area contributed by atoms with Gasteiger partial charge in [0.25, 0.3) is 12.3 Å². The Morgan fingerprint density at radius 1 is 0.833 bits per heavy atom. The van der Waals surface area contributed by atoms with E-state index in [2.05, 4.69) is 9.47 Å². The number of carbonyl (C=O) groups excluding carboxylic acids is 3. The van der Waals surface area contributed by atoms with E-state index in [1.54, 1.807) is 0 Å². The predicted octanol–water partition coefficient (Wildman–Crippen LogP) is -8.17. The van der Waals surface area contributed by atoms with Gasteiger partial charge >= 0.3 is 144 Å². The van der Waals surface area contributed by atoms with Gasteiger partial charge in [0.05, 0.1) is 0 Å². The minimum Gasteiger partial charge on any atom is -0.467 e. The molecular formula is C3Cs2O7. The summed E-state index contributed by atoms with van der Waals surface area (Å²) in [5.41, 5.74) is 0. The number of carboxylic acid groups (broad SMARTS) is 2.